The normalized spacial score (nSPS) is 15.7. The summed E-state index contributed by atoms with van der Waals surface area (Å²) < 4.78 is 10.8. The smallest absolute Gasteiger partial charge is 0.290 e. The van der Waals surface area contributed by atoms with Crippen molar-refractivity contribution < 1.29 is 28.8 Å². The molecule has 1 fully saturated rings. The Morgan fingerprint density at radius 2 is 2.06 bits per heavy atom. The summed E-state index contributed by atoms with van der Waals surface area (Å²) in [5, 5.41) is 17.0. The van der Waals surface area contributed by atoms with E-state index in [-0.39, 0.29) is 43.2 Å². The highest BCUT2D eigenvalue weighted by Crippen LogP contribution is 2.23. The maximum absolute atomic E-state index is 12.2. The molecule has 0 saturated carbocycles. The molecule has 13 heteroatoms. The quantitative estimate of drug-likeness (QED) is 0.428. The van der Waals surface area contributed by atoms with Gasteiger partial charge >= 0.3 is 0 Å². The lowest BCUT2D eigenvalue weighted by Gasteiger charge is -2.33. The first-order valence-corrected chi connectivity index (χ1v) is 11.3. The molecule has 34 heavy (non-hydrogen) atoms. The van der Waals surface area contributed by atoms with Crippen molar-refractivity contribution >= 4 is 47.4 Å². The van der Waals surface area contributed by atoms with Crippen LogP contribution in [0.2, 0.25) is 10.0 Å². The number of benzene rings is 1. The van der Waals surface area contributed by atoms with Gasteiger partial charge in [0.2, 0.25) is 17.7 Å². The SMILES string of the molecule is CCC(=O)Nc1noc(CCC(=O)NC[C@H]2CN(Cc3ccc(Cl)c(Cl)c3)CCO2)n1.O=CO. The largest absolute Gasteiger partial charge is 0.483 e. The summed E-state index contributed by atoms with van der Waals surface area (Å²) in [5.74, 6) is 0.0662. The maximum Gasteiger partial charge on any atom is 0.290 e. The van der Waals surface area contributed by atoms with Crippen LogP contribution < -0.4 is 10.6 Å². The molecule has 3 N–H and O–H groups in total. The van der Waals surface area contributed by atoms with E-state index in [1.807, 2.05) is 12.1 Å². The van der Waals surface area contributed by atoms with Crippen molar-refractivity contribution in [1.29, 1.82) is 0 Å². The molecule has 186 valence electrons. The Labute approximate surface area is 206 Å². The molecular weight excluding hydrogens is 489 g/mol. The summed E-state index contributed by atoms with van der Waals surface area (Å²) >= 11 is 12.1. The lowest BCUT2D eigenvalue weighted by atomic mass is 10.2. The van der Waals surface area contributed by atoms with Crippen LogP contribution >= 0.6 is 23.2 Å². The number of aromatic nitrogens is 2. The van der Waals surface area contributed by atoms with Crippen molar-refractivity contribution in [3.8, 4) is 0 Å². The van der Waals surface area contributed by atoms with Crippen LogP contribution in [0.3, 0.4) is 0 Å². The lowest BCUT2D eigenvalue weighted by molar-refractivity contribution is -0.123. The van der Waals surface area contributed by atoms with Gasteiger partial charge in [-0.25, -0.2) is 0 Å². The second kappa shape index (κ2) is 14.5. The molecule has 2 aromatic rings. The fourth-order valence-corrected chi connectivity index (χ4v) is 3.42. The van der Waals surface area contributed by atoms with Gasteiger partial charge in [-0.05, 0) is 22.9 Å². The van der Waals surface area contributed by atoms with E-state index < -0.39 is 0 Å². The zero-order valence-electron chi connectivity index (χ0n) is 18.6. The number of nitrogens with zero attached hydrogens (tertiary/aromatic N) is 3. The average Bonchev–Trinajstić information content (AvgIpc) is 3.26. The minimum absolute atomic E-state index is 0.0975. The van der Waals surface area contributed by atoms with Gasteiger partial charge in [-0.15, -0.1) is 0 Å². The molecular formula is C21H27Cl2N5O6. The van der Waals surface area contributed by atoms with E-state index in [2.05, 4.69) is 25.7 Å². The van der Waals surface area contributed by atoms with E-state index >= 15 is 0 Å². The maximum atomic E-state index is 12.2. The highest BCUT2D eigenvalue weighted by molar-refractivity contribution is 6.42. The molecule has 3 rings (SSSR count). The van der Waals surface area contributed by atoms with Gasteiger partial charge in [0.1, 0.15) is 0 Å². The van der Waals surface area contributed by atoms with E-state index in [1.54, 1.807) is 13.0 Å². The predicted molar refractivity (Wildman–Crippen MR) is 125 cm³/mol. The monoisotopic (exact) mass is 515 g/mol. The molecule has 1 saturated heterocycles. The summed E-state index contributed by atoms with van der Waals surface area (Å²) in [6, 6.07) is 5.62. The fraction of sp³-hybridized carbons (Fsp3) is 0.476. The predicted octanol–water partition coefficient (Wildman–Crippen LogP) is 2.38. The second-order valence-corrected chi connectivity index (χ2v) is 8.11. The third-order valence-electron chi connectivity index (χ3n) is 4.75. The first-order chi connectivity index (χ1) is 16.3. The fourth-order valence-electron chi connectivity index (χ4n) is 3.10. The number of ether oxygens (including phenoxy) is 1. The Balaban J connectivity index is 0.00000129. The van der Waals surface area contributed by atoms with Gasteiger partial charge in [-0.3, -0.25) is 24.6 Å². The molecule has 1 aliphatic heterocycles. The summed E-state index contributed by atoms with van der Waals surface area (Å²) in [6.07, 6.45) is 0.707. The zero-order valence-corrected chi connectivity index (χ0v) is 20.1. The number of carboxylic acid groups (broad SMARTS) is 1. The van der Waals surface area contributed by atoms with Crippen molar-refractivity contribution in [3.05, 3.63) is 39.7 Å². The minimum atomic E-state index is -0.250. The van der Waals surface area contributed by atoms with Gasteiger partial charge in [0.15, 0.2) is 0 Å². The molecule has 0 unspecified atom stereocenters. The van der Waals surface area contributed by atoms with E-state index in [0.29, 0.717) is 42.1 Å². The Kier molecular flexibility index (Phi) is 11.7. The van der Waals surface area contributed by atoms with Gasteiger partial charge in [-0.1, -0.05) is 36.2 Å². The summed E-state index contributed by atoms with van der Waals surface area (Å²) in [6.45, 7) is 4.72. The number of anilines is 1. The third-order valence-corrected chi connectivity index (χ3v) is 5.49. The van der Waals surface area contributed by atoms with Gasteiger partial charge in [0.25, 0.3) is 12.4 Å². The number of aryl methyl sites for hydroxylation is 1. The van der Waals surface area contributed by atoms with Crippen molar-refractivity contribution in [1.82, 2.24) is 20.4 Å². The minimum Gasteiger partial charge on any atom is -0.483 e. The van der Waals surface area contributed by atoms with Crippen molar-refractivity contribution in [3.63, 3.8) is 0 Å². The Morgan fingerprint density at radius 3 is 2.76 bits per heavy atom. The van der Waals surface area contributed by atoms with Crippen LogP contribution in [0.25, 0.3) is 0 Å². The van der Waals surface area contributed by atoms with Gasteiger partial charge < -0.3 is 19.7 Å². The molecule has 0 radical (unpaired) electrons. The molecule has 1 atom stereocenters. The molecule has 2 heterocycles. The first-order valence-electron chi connectivity index (χ1n) is 10.6. The van der Waals surface area contributed by atoms with E-state index in [9.17, 15) is 9.59 Å². The summed E-state index contributed by atoms with van der Waals surface area (Å²) in [4.78, 5) is 38.1. The third kappa shape index (κ3) is 9.64. The number of hydrogen-bond acceptors (Lipinski definition) is 8. The second-order valence-electron chi connectivity index (χ2n) is 7.30. The van der Waals surface area contributed by atoms with E-state index in [4.69, 9.17) is 42.4 Å². The van der Waals surface area contributed by atoms with Crippen LogP contribution in [0.15, 0.2) is 22.7 Å². The molecule has 0 spiro atoms. The van der Waals surface area contributed by atoms with Crippen molar-refractivity contribution in [2.75, 3.05) is 31.6 Å². The average molecular weight is 516 g/mol. The Morgan fingerprint density at radius 1 is 1.29 bits per heavy atom. The number of carbonyl (C=O) groups excluding carboxylic acids is 2. The Bertz CT molecular complexity index is 957. The number of morpholine rings is 1. The van der Waals surface area contributed by atoms with Crippen LogP contribution in [0.5, 0.6) is 0 Å². The van der Waals surface area contributed by atoms with Gasteiger partial charge in [0.05, 0.1) is 22.8 Å². The lowest BCUT2D eigenvalue weighted by Crippen LogP contribution is -2.47. The molecule has 1 aromatic heterocycles. The van der Waals surface area contributed by atoms with Crippen molar-refractivity contribution in [2.24, 2.45) is 0 Å². The van der Waals surface area contributed by atoms with Crippen LogP contribution in [0, 0.1) is 0 Å². The number of halogens is 2. The van der Waals surface area contributed by atoms with E-state index in [0.717, 1.165) is 18.7 Å². The first kappa shape index (κ1) is 27.5. The molecule has 1 aromatic carbocycles. The van der Waals surface area contributed by atoms with Gasteiger partial charge in [-0.2, -0.15) is 4.98 Å². The highest BCUT2D eigenvalue weighted by Gasteiger charge is 2.21. The number of rotatable bonds is 9. The number of amides is 2. The number of carbonyl (C=O) groups is 3. The summed E-state index contributed by atoms with van der Waals surface area (Å²) in [5.41, 5.74) is 1.08. The molecule has 2 amide bonds. The van der Waals surface area contributed by atoms with Crippen LogP contribution in [0.1, 0.15) is 31.2 Å². The molecule has 0 bridgehead atoms. The number of nitrogens with one attached hydrogen (secondary N) is 2. The van der Waals surface area contributed by atoms with Crippen LogP contribution in [0.4, 0.5) is 5.95 Å². The molecule has 0 aliphatic carbocycles. The van der Waals surface area contributed by atoms with Crippen molar-refractivity contribution in [2.45, 2.75) is 38.8 Å². The van der Waals surface area contributed by atoms with Gasteiger partial charge in [0, 0.05) is 45.4 Å². The topological polar surface area (TPSA) is 147 Å². The molecule has 11 nitrogen and oxygen atoms in total. The molecule has 1 aliphatic rings. The Hall–Kier alpha value is -2.73. The van der Waals surface area contributed by atoms with E-state index in [1.165, 1.54) is 0 Å². The summed E-state index contributed by atoms with van der Waals surface area (Å²) in [7, 11) is 0. The number of hydrogen-bond donors (Lipinski definition) is 3. The highest BCUT2D eigenvalue weighted by atomic mass is 35.5. The van der Waals surface area contributed by atoms with Crippen LogP contribution in [-0.4, -0.2) is 70.8 Å². The van der Waals surface area contributed by atoms with Crippen LogP contribution in [-0.2, 0) is 32.1 Å². The zero-order chi connectivity index (χ0) is 24.9. The standard InChI is InChI=1S/C20H25Cl2N5O4.CH2O2/c1-2-17(28)24-20-25-19(31-26-20)6-5-18(29)23-10-14-12-27(7-8-30-14)11-13-3-4-15(21)16(22)9-13;2-1-3/h3-4,9,14H,2,5-8,10-12H2,1H3,(H,23,29)(H,24,26,28);1H,(H,2,3)/t14-;/m0./s1.